The number of likely N-dealkylation sites (N-methyl/N-ethyl adjacent to an activating group) is 1. The van der Waals surface area contributed by atoms with Crippen LogP contribution in [0.15, 0.2) is 40.9 Å². The Morgan fingerprint density at radius 1 is 1.05 bits per heavy atom. The zero-order chi connectivity index (χ0) is 15.4. The van der Waals surface area contributed by atoms with Crippen LogP contribution in [-0.4, -0.2) is 6.54 Å². The molecule has 1 N–H and O–H groups in total. The molecule has 0 radical (unpaired) electrons. The van der Waals surface area contributed by atoms with Crippen molar-refractivity contribution >= 4 is 15.9 Å². The summed E-state index contributed by atoms with van der Waals surface area (Å²) >= 11 is 3.44. The van der Waals surface area contributed by atoms with Gasteiger partial charge in [-0.3, -0.25) is 0 Å². The van der Waals surface area contributed by atoms with Gasteiger partial charge in [-0.2, -0.15) is 0 Å². The molecule has 0 aliphatic rings. The van der Waals surface area contributed by atoms with E-state index in [2.05, 4.69) is 21.2 Å². The Morgan fingerprint density at radius 3 is 2.43 bits per heavy atom. The highest BCUT2D eigenvalue weighted by molar-refractivity contribution is 9.10. The van der Waals surface area contributed by atoms with Crippen LogP contribution < -0.4 is 5.32 Å². The monoisotopic (exact) mass is 357 g/mol. The van der Waals surface area contributed by atoms with Gasteiger partial charge < -0.3 is 5.32 Å². The van der Waals surface area contributed by atoms with Gasteiger partial charge in [-0.1, -0.05) is 47.1 Å². The van der Waals surface area contributed by atoms with E-state index in [9.17, 15) is 13.2 Å². The van der Waals surface area contributed by atoms with Crippen molar-refractivity contribution in [2.24, 2.45) is 0 Å². The van der Waals surface area contributed by atoms with Gasteiger partial charge in [0, 0.05) is 16.1 Å². The standard InChI is InChI=1S/C16H15BrF3N/c1-2-21-14(9-10-5-3-4-6-12(10)17)11-7-8-13(18)16(20)15(11)19/h3-8,14,21H,2,9H2,1H3. The van der Waals surface area contributed by atoms with Crippen LogP contribution >= 0.6 is 15.9 Å². The summed E-state index contributed by atoms with van der Waals surface area (Å²) in [6.45, 7) is 2.47. The predicted octanol–water partition coefficient (Wildman–Crippen LogP) is 4.76. The third-order valence-electron chi connectivity index (χ3n) is 3.27. The molecule has 0 saturated carbocycles. The average Bonchev–Trinajstić information content (AvgIpc) is 2.47. The van der Waals surface area contributed by atoms with Crippen LogP contribution in [0.1, 0.15) is 24.1 Å². The molecule has 0 saturated heterocycles. The van der Waals surface area contributed by atoms with Crippen LogP contribution in [0.3, 0.4) is 0 Å². The lowest BCUT2D eigenvalue weighted by Gasteiger charge is -2.20. The average molecular weight is 358 g/mol. The van der Waals surface area contributed by atoms with Crippen LogP contribution in [0.2, 0.25) is 0 Å². The molecule has 0 aliphatic heterocycles. The molecule has 0 amide bonds. The minimum Gasteiger partial charge on any atom is -0.310 e. The zero-order valence-electron chi connectivity index (χ0n) is 11.5. The Balaban J connectivity index is 2.36. The minimum absolute atomic E-state index is 0.131. The Hall–Kier alpha value is -1.33. The lowest BCUT2D eigenvalue weighted by Crippen LogP contribution is -2.24. The third kappa shape index (κ3) is 3.66. The lowest BCUT2D eigenvalue weighted by molar-refractivity contribution is 0.425. The van der Waals surface area contributed by atoms with Crippen molar-refractivity contribution < 1.29 is 13.2 Å². The lowest BCUT2D eigenvalue weighted by atomic mass is 9.98. The van der Waals surface area contributed by atoms with Crippen LogP contribution in [-0.2, 0) is 6.42 Å². The van der Waals surface area contributed by atoms with Gasteiger partial charge in [-0.15, -0.1) is 0 Å². The summed E-state index contributed by atoms with van der Waals surface area (Å²) in [5, 5.41) is 3.11. The second-order valence-corrected chi connectivity index (χ2v) is 5.52. The maximum Gasteiger partial charge on any atom is 0.194 e. The Labute approximate surface area is 130 Å². The highest BCUT2D eigenvalue weighted by Crippen LogP contribution is 2.27. The molecule has 21 heavy (non-hydrogen) atoms. The summed E-state index contributed by atoms with van der Waals surface area (Å²) in [5.41, 5.74) is 1.10. The van der Waals surface area contributed by atoms with E-state index in [-0.39, 0.29) is 5.56 Å². The van der Waals surface area contributed by atoms with Crippen molar-refractivity contribution in [1.29, 1.82) is 0 Å². The highest BCUT2D eigenvalue weighted by Gasteiger charge is 2.21. The summed E-state index contributed by atoms with van der Waals surface area (Å²) in [5.74, 6) is -3.73. The zero-order valence-corrected chi connectivity index (χ0v) is 13.1. The van der Waals surface area contributed by atoms with E-state index in [1.165, 1.54) is 6.07 Å². The van der Waals surface area contributed by atoms with E-state index in [1.807, 2.05) is 31.2 Å². The summed E-state index contributed by atoms with van der Waals surface area (Å²) in [6.07, 6.45) is 0.469. The first-order chi connectivity index (χ1) is 10.0. The first kappa shape index (κ1) is 16.0. The first-order valence-corrected chi connectivity index (χ1v) is 7.44. The van der Waals surface area contributed by atoms with Gasteiger partial charge in [-0.05, 0) is 30.7 Å². The fourth-order valence-electron chi connectivity index (χ4n) is 2.23. The maximum atomic E-state index is 14.0. The van der Waals surface area contributed by atoms with Crippen molar-refractivity contribution in [2.45, 2.75) is 19.4 Å². The number of nitrogens with one attached hydrogen (secondary N) is 1. The number of halogens is 4. The van der Waals surface area contributed by atoms with Crippen molar-refractivity contribution in [3.05, 3.63) is 69.4 Å². The SMILES string of the molecule is CCNC(Cc1ccccc1Br)c1ccc(F)c(F)c1F. The predicted molar refractivity (Wildman–Crippen MR) is 80.6 cm³/mol. The molecule has 0 spiro atoms. The largest absolute Gasteiger partial charge is 0.310 e. The summed E-state index contributed by atoms with van der Waals surface area (Å²) in [7, 11) is 0. The molecule has 112 valence electrons. The first-order valence-electron chi connectivity index (χ1n) is 6.64. The van der Waals surface area contributed by atoms with E-state index < -0.39 is 23.5 Å². The van der Waals surface area contributed by atoms with Crippen LogP contribution in [0.4, 0.5) is 13.2 Å². The molecule has 1 atom stereocenters. The van der Waals surface area contributed by atoms with Gasteiger partial charge in [-0.25, -0.2) is 13.2 Å². The Bertz CT molecular complexity index is 631. The molecule has 0 aliphatic carbocycles. The second kappa shape index (κ2) is 7.09. The van der Waals surface area contributed by atoms with Gasteiger partial charge >= 0.3 is 0 Å². The molecule has 1 nitrogen and oxygen atoms in total. The minimum atomic E-state index is -1.43. The summed E-state index contributed by atoms with van der Waals surface area (Å²) in [6, 6.07) is 9.38. The molecule has 2 aromatic rings. The Morgan fingerprint density at radius 2 is 1.76 bits per heavy atom. The van der Waals surface area contributed by atoms with Gasteiger partial charge in [0.25, 0.3) is 0 Å². The number of rotatable bonds is 5. The fraction of sp³-hybridized carbons (Fsp3) is 0.250. The molecule has 0 bridgehead atoms. The van der Waals surface area contributed by atoms with E-state index >= 15 is 0 Å². The third-order valence-corrected chi connectivity index (χ3v) is 4.05. The summed E-state index contributed by atoms with van der Waals surface area (Å²) in [4.78, 5) is 0. The molecule has 2 rings (SSSR count). The molecule has 2 aromatic carbocycles. The molecule has 5 heteroatoms. The molecule has 0 aromatic heterocycles. The fourth-order valence-corrected chi connectivity index (χ4v) is 2.68. The Kier molecular flexibility index (Phi) is 5.42. The number of hydrogen-bond donors (Lipinski definition) is 1. The second-order valence-electron chi connectivity index (χ2n) is 4.67. The van der Waals surface area contributed by atoms with E-state index in [0.29, 0.717) is 13.0 Å². The summed E-state index contributed by atoms with van der Waals surface area (Å²) < 4.78 is 41.4. The van der Waals surface area contributed by atoms with Crippen molar-refractivity contribution in [1.82, 2.24) is 5.32 Å². The van der Waals surface area contributed by atoms with Gasteiger partial charge in [0.1, 0.15) is 0 Å². The molecular weight excluding hydrogens is 343 g/mol. The van der Waals surface area contributed by atoms with Gasteiger partial charge in [0.2, 0.25) is 0 Å². The smallest absolute Gasteiger partial charge is 0.194 e. The van der Waals surface area contributed by atoms with E-state index in [1.54, 1.807) is 0 Å². The topological polar surface area (TPSA) is 12.0 Å². The van der Waals surface area contributed by atoms with Gasteiger partial charge in [0.05, 0.1) is 0 Å². The van der Waals surface area contributed by atoms with Crippen molar-refractivity contribution in [3.63, 3.8) is 0 Å². The molecule has 0 fully saturated rings. The molecule has 1 unspecified atom stereocenters. The van der Waals surface area contributed by atoms with E-state index in [0.717, 1.165) is 16.1 Å². The number of benzene rings is 2. The van der Waals surface area contributed by atoms with Crippen molar-refractivity contribution in [2.75, 3.05) is 6.54 Å². The van der Waals surface area contributed by atoms with E-state index in [4.69, 9.17) is 0 Å². The normalized spacial score (nSPS) is 12.4. The highest BCUT2D eigenvalue weighted by atomic mass is 79.9. The van der Waals surface area contributed by atoms with Gasteiger partial charge in [0.15, 0.2) is 17.5 Å². The van der Waals surface area contributed by atoms with Crippen LogP contribution in [0.5, 0.6) is 0 Å². The number of hydrogen-bond acceptors (Lipinski definition) is 1. The van der Waals surface area contributed by atoms with Crippen LogP contribution in [0.25, 0.3) is 0 Å². The quantitative estimate of drug-likeness (QED) is 0.760. The van der Waals surface area contributed by atoms with Crippen molar-refractivity contribution in [3.8, 4) is 0 Å². The van der Waals surface area contributed by atoms with Crippen LogP contribution in [0, 0.1) is 17.5 Å². The molecule has 0 heterocycles. The molecular formula is C16H15BrF3N. The maximum absolute atomic E-state index is 14.0.